The summed E-state index contributed by atoms with van der Waals surface area (Å²) in [6.07, 6.45) is -0.575. The monoisotopic (exact) mass is 302 g/mol. The van der Waals surface area contributed by atoms with Crippen molar-refractivity contribution in [3.8, 4) is 0 Å². The van der Waals surface area contributed by atoms with E-state index in [0.29, 0.717) is 0 Å². The number of carbonyl (C=O) groups is 2. The molecular formula is C11H18N4O4S. The van der Waals surface area contributed by atoms with Gasteiger partial charge in [-0.1, -0.05) is 11.8 Å². The summed E-state index contributed by atoms with van der Waals surface area (Å²) in [5.41, 5.74) is 4.43. The number of carbonyl (C=O) groups excluding carboxylic acids is 2. The van der Waals surface area contributed by atoms with Gasteiger partial charge in [0.05, 0.1) is 5.75 Å². The van der Waals surface area contributed by atoms with Crippen molar-refractivity contribution in [2.75, 3.05) is 5.75 Å². The molecule has 20 heavy (non-hydrogen) atoms. The number of nitrogens with two attached hydrogens (primary N) is 1. The number of nitrogens with zero attached hydrogens (tertiary/aromatic N) is 2. The van der Waals surface area contributed by atoms with Gasteiger partial charge in [0.25, 0.3) is 5.22 Å². The maximum Gasteiger partial charge on any atom is 0.408 e. The molecule has 0 fully saturated rings. The predicted molar refractivity (Wildman–Crippen MR) is 72.0 cm³/mol. The van der Waals surface area contributed by atoms with Gasteiger partial charge in [0, 0.05) is 0 Å². The van der Waals surface area contributed by atoms with Crippen molar-refractivity contribution in [2.45, 2.75) is 44.6 Å². The number of hydrogen-bond donors (Lipinski definition) is 2. The maximum absolute atomic E-state index is 11.6. The van der Waals surface area contributed by atoms with Crippen LogP contribution in [0.5, 0.6) is 0 Å². The molecule has 0 spiro atoms. The van der Waals surface area contributed by atoms with Gasteiger partial charge in [0.1, 0.15) is 11.6 Å². The normalized spacial score (nSPS) is 12.8. The molecule has 0 aromatic carbocycles. The predicted octanol–water partition coefficient (Wildman–Crippen LogP) is 1.23. The van der Waals surface area contributed by atoms with Crippen molar-refractivity contribution in [2.24, 2.45) is 5.73 Å². The molecule has 1 atom stereocenters. The van der Waals surface area contributed by atoms with Crippen LogP contribution in [0.3, 0.4) is 0 Å². The van der Waals surface area contributed by atoms with E-state index in [1.54, 1.807) is 27.7 Å². The lowest BCUT2D eigenvalue weighted by Crippen LogP contribution is -2.34. The van der Waals surface area contributed by atoms with Crippen molar-refractivity contribution >= 4 is 23.8 Å². The third-order valence-electron chi connectivity index (χ3n) is 1.86. The summed E-state index contributed by atoms with van der Waals surface area (Å²) in [6.45, 7) is 6.98. The van der Waals surface area contributed by atoms with Gasteiger partial charge in [-0.25, -0.2) is 4.79 Å². The van der Waals surface area contributed by atoms with E-state index in [0.717, 1.165) is 11.8 Å². The molecule has 1 rings (SSSR count). The Bertz CT molecular complexity index is 483. The first-order valence-electron chi connectivity index (χ1n) is 5.91. The number of hydrogen-bond acceptors (Lipinski definition) is 7. The molecule has 1 aromatic heterocycles. The third kappa shape index (κ3) is 5.91. The first-order chi connectivity index (χ1) is 9.17. The molecule has 0 aliphatic rings. The molecule has 2 amide bonds. The Hall–Kier alpha value is -1.77. The van der Waals surface area contributed by atoms with E-state index in [9.17, 15) is 9.59 Å². The number of thioether (sulfide) groups is 1. The van der Waals surface area contributed by atoms with Gasteiger partial charge in [-0.3, -0.25) is 4.79 Å². The third-order valence-corrected chi connectivity index (χ3v) is 2.70. The van der Waals surface area contributed by atoms with E-state index in [1.165, 1.54) is 0 Å². The molecule has 1 heterocycles. The minimum Gasteiger partial charge on any atom is -0.444 e. The minimum absolute atomic E-state index is 0.0511. The van der Waals surface area contributed by atoms with E-state index in [2.05, 4.69) is 15.5 Å². The fourth-order valence-corrected chi connectivity index (χ4v) is 1.64. The van der Waals surface area contributed by atoms with E-state index in [1.807, 2.05) is 0 Å². The molecule has 0 aliphatic carbocycles. The van der Waals surface area contributed by atoms with Gasteiger partial charge in [-0.05, 0) is 27.7 Å². The number of alkyl carbamates (subject to hydrolysis) is 1. The largest absolute Gasteiger partial charge is 0.444 e. The van der Waals surface area contributed by atoms with Crippen molar-refractivity contribution < 1.29 is 18.7 Å². The molecule has 1 aromatic rings. The molecule has 112 valence electrons. The Balaban J connectivity index is 2.53. The van der Waals surface area contributed by atoms with Crippen LogP contribution in [-0.4, -0.2) is 33.6 Å². The SMILES string of the molecule is C[C@H](NC(=O)OC(C)(C)C)c1nnc(SCC(N)=O)o1. The zero-order valence-corrected chi connectivity index (χ0v) is 12.6. The highest BCUT2D eigenvalue weighted by molar-refractivity contribution is 7.99. The fourth-order valence-electron chi connectivity index (χ4n) is 1.13. The Morgan fingerprint density at radius 2 is 2.10 bits per heavy atom. The van der Waals surface area contributed by atoms with E-state index in [-0.39, 0.29) is 16.9 Å². The molecule has 3 N–H and O–H groups in total. The van der Waals surface area contributed by atoms with Crippen LogP contribution in [0.15, 0.2) is 9.64 Å². The molecule has 0 bridgehead atoms. The second kappa shape index (κ2) is 6.60. The van der Waals surface area contributed by atoms with E-state index >= 15 is 0 Å². The zero-order valence-electron chi connectivity index (χ0n) is 11.8. The summed E-state index contributed by atoms with van der Waals surface area (Å²) in [5, 5.41) is 10.3. The van der Waals surface area contributed by atoms with Crippen molar-refractivity contribution in [3.05, 3.63) is 5.89 Å². The van der Waals surface area contributed by atoms with Gasteiger partial charge >= 0.3 is 6.09 Å². The van der Waals surface area contributed by atoms with Crippen LogP contribution in [0.1, 0.15) is 39.6 Å². The van der Waals surface area contributed by atoms with Gasteiger partial charge in [-0.2, -0.15) is 0 Å². The minimum atomic E-state index is -0.582. The van der Waals surface area contributed by atoms with Crippen molar-refractivity contribution in [3.63, 3.8) is 0 Å². The summed E-state index contributed by atoms with van der Waals surface area (Å²) in [6, 6.07) is -0.500. The average Bonchev–Trinajstić information content (AvgIpc) is 2.71. The molecule has 8 nitrogen and oxygen atoms in total. The van der Waals surface area contributed by atoms with Gasteiger partial charge in [0.15, 0.2) is 0 Å². The summed E-state index contributed by atoms with van der Waals surface area (Å²) in [5.74, 6) is -0.201. The second-order valence-electron chi connectivity index (χ2n) is 5.03. The average molecular weight is 302 g/mol. The molecule has 0 unspecified atom stereocenters. The lowest BCUT2D eigenvalue weighted by molar-refractivity contribution is -0.115. The summed E-state index contributed by atoms with van der Waals surface area (Å²) in [7, 11) is 0. The topological polar surface area (TPSA) is 120 Å². The van der Waals surface area contributed by atoms with Gasteiger partial charge in [-0.15, -0.1) is 10.2 Å². The molecule has 0 radical (unpaired) electrons. The molecule has 0 aliphatic heterocycles. The highest BCUT2D eigenvalue weighted by Crippen LogP contribution is 2.19. The highest BCUT2D eigenvalue weighted by atomic mass is 32.2. The van der Waals surface area contributed by atoms with E-state index < -0.39 is 23.6 Å². The zero-order chi connectivity index (χ0) is 15.3. The van der Waals surface area contributed by atoms with Crippen LogP contribution < -0.4 is 11.1 Å². The van der Waals surface area contributed by atoms with Crippen molar-refractivity contribution in [1.82, 2.24) is 15.5 Å². The number of ether oxygens (including phenoxy) is 1. The highest BCUT2D eigenvalue weighted by Gasteiger charge is 2.21. The van der Waals surface area contributed by atoms with Gasteiger partial charge < -0.3 is 20.2 Å². The van der Waals surface area contributed by atoms with Crippen LogP contribution in [0, 0.1) is 0 Å². The Morgan fingerprint density at radius 1 is 1.45 bits per heavy atom. The lowest BCUT2D eigenvalue weighted by Gasteiger charge is -2.20. The number of rotatable bonds is 5. The van der Waals surface area contributed by atoms with Crippen LogP contribution in [-0.2, 0) is 9.53 Å². The maximum atomic E-state index is 11.6. The summed E-state index contributed by atoms with van der Waals surface area (Å²) >= 11 is 1.04. The van der Waals surface area contributed by atoms with Crippen LogP contribution in [0.2, 0.25) is 0 Å². The molecule has 0 saturated heterocycles. The molecule has 0 saturated carbocycles. The molecular weight excluding hydrogens is 284 g/mol. The Labute approximate surface area is 120 Å². The number of nitrogens with one attached hydrogen (secondary N) is 1. The number of primary amides is 1. The first-order valence-corrected chi connectivity index (χ1v) is 6.90. The van der Waals surface area contributed by atoms with Crippen LogP contribution in [0.4, 0.5) is 4.79 Å². The van der Waals surface area contributed by atoms with Crippen molar-refractivity contribution in [1.29, 1.82) is 0 Å². The van der Waals surface area contributed by atoms with Gasteiger partial charge in [0.2, 0.25) is 11.8 Å². The Morgan fingerprint density at radius 3 is 2.65 bits per heavy atom. The fraction of sp³-hybridized carbons (Fsp3) is 0.636. The first kappa shape index (κ1) is 16.3. The smallest absolute Gasteiger partial charge is 0.408 e. The molecule has 9 heteroatoms. The van der Waals surface area contributed by atoms with E-state index in [4.69, 9.17) is 14.9 Å². The summed E-state index contributed by atoms with van der Waals surface area (Å²) < 4.78 is 10.4. The number of amides is 2. The quantitative estimate of drug-likeness (QED) is 0.785. The van der Waals surface area contributed by atoms with Crippen LogP contribution >= 0.6 is 11.8 Å². The second-order valence-corrected chi connectivity index (χ2v) is 5.96. The standard InChI is InChI=1S/C11H18N4O4S/c1-6(13-9(17)19-11(2,3)4)8-14-15-10(18-8)20-5-7(12)16/h6H,5H2,1-4H3,(H2,12,16)(H,13,17)/t6-/m0/s1. The van der Waals surface area contributed by atoms with Crippen LogP contribution in [0.25, 0.3) is 0 Å². The lowest BCUT2D eigenvalue weighted by atomic mass is 10.2. The number of aromatic nitrogens is 2. The summed E-state index contributed by atoms with van der Waals surface area (Å²) in [4.78, 5) is 22.2. The Kier molecular flexibility index (Phi) is 5.37.